The van der Waals surface area contributed by atoms with Crippen molar-refractivity contribution >= 4 is 0 Å². The van der Waals surface area contributed by atoms with Crippen molar-refractivity contribution in [2.75, 3.05) is 26.8 Å². The molecule has 0 aliphatic carbocycles. The Morgan fingerprint density at radius 2 is 2.22 bits per heavy atom. The first kappa shape index (κ1) is 6.99. The summed E-state index contributed by atoms with van der Waals surface area (Å²) < 4.78 is 5.00. The maximum atomic E-state index is 8.83. The van der Waals surface area contributed by atoms with Crippen LogP contribution in [0.2, 0.25) is 0 Å². The zero-order chi connectivity index (χ0) is 6.91. The van der Waals surface area contributed by atoms with Gasteiger partial charge in [-0.1, -0.05) is 6.92 Å². The first-order valence-corrected chi connectivity index (χ1v) is 3.10. The minimum atomic E-state index is 0.198. The average molecular weight is 131 g/mol. The largest absolute Gasteiger partial charge is 0.380 e. The van der Waals surface area contributed by atoms with Crippen molar-refractivity contribution in [2.45, 2.75) is 6.92 Å². The van der Waals surface area contributed by atoms with Crippen LogP contribution in [0.5, 0.6) is 0 Å². The van der Waals surface area contributed by atoms with E-state index in [0.717, 1.165) is 13.2 Å². The fraction of sp³-hybridized carbons (Fsp3) is 1.00. The third kappa shape index (κ3) is 1.64. The maximum Gasteiger partial charge on any atom is 0.0555 e. The molecule has 3 heteroatoms. The fourth-order valence-corrected chi connectivity index (χ4v) is 1.09. The number of nitrogens with zero attached hydrogens (tertiary/aromatic N) is 1. The topological polar surface area (TPSA) is 32.7 Å². The first-order valence-electron chi connectivity index (χ1n) is 3.10. The van der Waals surface area contributed by atoms with Gasteiger partial charge in [-0.15, -0.1) is 0 Å². The third-order valence-electron chi connectivity index (χ3n) is 1.51. The third-order valence-corrected chi connectivity index (χ3v) is 1.51. The van der Waals surface area contributed by atoms with E-state index in [1.54, 1.807) is 7.05 Å². The predicted molar refractivity (Wildman–Crippen MR) is 33.3 cm³/mol. The van der Waals surface area contributed by atoms with Crippen molar-refractivity contribution < 1.29 is 9.94 Å². The molecule has 1 aliphatic rings. The molecule has 0 aromatic heterocycles. The van der Waals surface area contributed by atoms with Gasteiger partial charge in [-0.3, -0.25) is 0 Å². The molecular weight excluding hydrogens is 118 g/mol. The van der Waals surface area contributed by atoms with Crippen molar-refractivity contribution in [1.29, 1.82) is 0 Å². The lowest BCUT2D eigenvalue weighted by Crippen LogP contribution is -2.47. The molecule has 0 bridgehead atoms. The molecule has 1 N–H and O–H groups in total. The van der Waals surface area contributed by atoms with Crippen LogP contribution in [0.3, 0.4) is 0 Å². The summed E-state index contributed by atoms with van der Waals surface area (Å²) in [6, 6.07) is 0. The molecule has 1 heterocycles. The van der Waals surface area contributed by atoms with Crippen LogP contribution in [-0.4, -0.2) is 37.1 Å². The Hall–Kier alpha value is -0.120. The number of hydrogen-bond donors (Lipinski definition) is 1. The van der Waals surface area contributed by atoms with Crippen molar-refractivity contribution in [2.24, 2.45) is 5.41 Å². The zero-order valence-electron chi connectivity index (χ0n) is 5.92. The maximum absolute atomic E-state index is 8.83. The molecule has 0 saturated carbocycles. The monoisotopic (exact) mass is 131 g/mol. The van der Waals surface area contributed by atoms with E-state index in [2.05, 4.69) is 6.92 Å². The Labute approximate surface area is 55.2 Å². The molecule has 1 saturated heterocycles. The van der Waals surface area contributed by atoms with Crippen LogP contribution >= 0.6 is 0 Å². The summed E-state index contributed by atoms with van der Waals surface area (Å²) in [6.45, 7) is 4.35. The smallest absolute Gasteiger partial charge is 0.0555 e. The summed E-state index contributed by atoms with van der Waals surface area (Å²) in [6.07, 6.45) is 0. The molecule has 0 atom stereocenters. The van der Waals surface area contributed by atoms with E-state index in [1.165, 1.54) is 5.06 Å². The van der Waals surface area contributed by atoms with Crippen LogP contribution in [-0.2, 0) is 4.74 Å². The number of hydroxylamine groups is 2. The average Bonchev–Trinajstić information content (AvgIpc) is 1.60. The minimum absolute atomic E-state index is 0.198. The molecule has 1 aliphatic heterocycles. The fourth-order valence-electron chi connectivity index (χ4n) is 1.09. The van der Waals surface area contributed by atoms with Gasteiger partial charge in [-0.05, 0) is 0 Å². The molecule has 0 aromatic carbocycles. The molecule has 0 spiro atoms. The van der Waals surface area contributed by atoms with Gasteiger partial charge in [0.15, 0.2) is 0 Å². The predicted octanol–water partition coefficient (Wildman–Crippen LogP) is 0.344. The van der Waals surface area contributed by atoms with Gasteiger partial charge in [0, 0.05) is 19.0 Å². The molecule has 1 rings (SSSR count). The zero-order valence-corrected chi connectivity index (χ0v) is 5.92. The highest BCUT2D eigenvalue weighted by molar-refractivity contribution is 4.81. The lowest BCUT2D eigenvalue weighted by Gasteiger charge is -2.39. The van der Waals surface area contributed by atoms with Crippen LogP contribution in [0.4, 0.5) is 0 Å². The van der Waals surface area contributed by atoms with Gasteiger partial charge >= 0.3 is 0 Å². The lowest BCUT2D eigenvalue weighted by atomic mass is 9.89. The second-order valence-electron chi connectivity index (χ2n) is 3.12. The number of hydrogen-bond acceptors (Lipinski definition) is 3. The Morgan fingerprint density at radius 1 is 1.67 bits per heavy atom. The Balaban J connectivity index is 2.24. The van der Waals surface area contributed by atoms with Crippen molar-refractivity contribution in [3.05, 3.63) is 0 Å². The molecule has 54 valence electrons. The molecule has 1 fully saturated rings. The molecule has 3 nitrogen and oxygen atoms in total. The van der Waals surface area contributed by atoms with E-state index in [0.29, 0.717) is 6.54 Å². The van der Waals surface area contributed by atoms with Crippen LogP contribution < -0.4 is 0 Å². The molecule has 9 heavy (non-hydrogen) atoms. The molecule has 0 aromatic rings. The lowest BCUT2D eigenvalue weighted by molar-refractivity contribution is -0.167. The van der Waals surface area contributed by atoms with Crippen LogP contribution in [0, 0.1) is 5.41 Å². The van der Waals surface area contributed by atoms with Crippen molar-refractivity contribution in [1.82, 2.24) is 5.06 Å². The molecule has 0 amide bonds. The summed E-state index contributed by atoms with van der Waals surface area (Å²) >= 11 is 0. The van der Waals surface area contributed by atoms with Crippen LogP contribution in [0.1, 0.15) is 6.92 Å². The van der Waals surface area contributed by atoms with Crippen molar-refractivity contribution in [3.63, 3.8) is 0 Å². The van der Waals surface area contributed by atoms with Gasteiger partial charge in [0.2, 0.25) is 0 Å². The summed E-state index contributed by atoms with van der Waals surface area (Å²) in [5.74, 6) is 0. The number of rotatable bonds is 2. The summed E-state index contributed by atoms with van der Waals surface area (Å²) in [5.41, 5.74) is 0.198. The molecule has 0 unspecified atom stereocenters. The SMILES string of the molecule is CN(O)CC1(C)COC1. The van der Waals surface area contributed by atoms with E-state index in [4.69, 9.17) is 9.94 Å². The van der Waals surface area contributed by atoms with Crippen LogP contribution in [0.25, 0.3) is 0 Å². The second kappa shape index (κ2) is 2.25. The van der Waals surface area contributed by atoms with E-state index in [9.17, 15) is 0 Å². The van der Waals surface area contributed by atoms with E-state index < -0.39 is 0 Å². The van der Waals surface area contributed by atoms with Gasteiger partial charge < -0.3 is 9.94 Å². The summed E-state index contributed by atoms with van der Waals surface area (Å²) in [4.78, 5) is 0. The summed E-state index contributed by atoms with van der Waals surface area (Å²) in [5, 5.41) is 10.0. The van der Waals surface area contributed by atoms with Gasteiger partial charge in [-0.25, -0.2) is 0 Å². The van der Waals surface area contributed by atoms with E-state index >= 15 is 0 Å². The Kier molecular flexibility index (Phi) is 1.75. The quantitative estimate of drug-likeness (QED) is 0.549. The van der Waals surface area contributed by atoms with E-state index in [-0.39, 0.29) is 5.41 Å². The van der Waals surface area contributed by atoms with Gasteiger partial charge in [0.25, 0.3) is 0 Å². The van der Waals surface area contributed by atoms with E-state index in [1.807, 2.05) is 0 Å². The highest BCUT2D eigenvalue weighted by atomic mass is 16.5. The molecular formula is C6H13NO2. The molecule has 0 radical (unpaired) electrons. The second-order valence-corrected chi connectivity index (χ2v) is 3.12. The standard InChI is InChI=1S/C6H13NO2/c1-6(3-7(2)8)4-9-5-6/h8H,3-5H2,1-2H3. The van der Waals surface area contributed by atoms with Crippen LogP contribution in [0.15, 0.2) is 0 Å². The Bertz CT molecular complexity index is 99.2. The highest BCUT2D eigenvalue weighted by Crippen LogP contribution is 2.26. The minimum Gasteiger partial charge on any atom is -0.380 e. The van der Waals surface area contributed by atoms with Gasteiger partial charge in [0.05, 0.1) is 13.2 Å². The summed E-state index contributed by atoms with van der Waals surface area (Å²) in [7, 11) is 1.66. The number of ether oxygens (including phenoxy) is 1. The normalized spacial score (nSPS) is 24.0. The highest BCUT2D eigenvalue weighted by Gasteiger charge is 2.34. The van der Waals surface area contributed by atoms with Gasteiger partial charge in [-0.2, -0.15) is 5.06 Å². The van der Waals surface area contributed by atoms with Crippen molar-refractivity contribution in [3.8, 4) is 0 Å². The Morgan fingerprint density at radius 3 is 2.33 bits per heavy atom. The van der Waals surface area contributed by atoms with Gasteiger partial charge in [0.1, 0.15) is 0 Å². The first-order chi connectivity index (χ1) is 4.12.